The first kappa shape index (κ1) is 20.6. The van der Waals surface area contributed by atoms with Crippen molar-refractivity contribution in [2.45, 2.75) is 71.6 Å². The van der Waals surface area contributed by atoms with E-state index in [2.05, 4.69) is 32.6 Å². The number of amides is 2. The summed E-state index contributed by atoms with van der Waals surface area (Å²) in [6, 6.07) is -0.0929. The van der Waals surface area contributed by atoms with Gasteiger partial charge in [0.2, 0.25) is 11.8 Å². The fourth-order valence-corrected chi connectivity index (χ4v) is 5.04. The monoisotopic (exact) mass is 379 g/mol. The van der Waals surface area contributed by atoms with Gasteiger partial charge >= 0.3 is 0 Å². The molecule has 0 radical (unpaired) electrons. The van der Waals surface area contributed by atoms with Crippen molar-refractivity contribution in [1.82, 2.24) is 14.7 Å². The SMILES string of the molecule is CC1CN(C(C(=O)N2CCC(C(=O)N3CCCC3)CC2)C(C)C)CC(C)O1. The Bertz CT molecular complexity index is 515. The minimum atomic E-state index is -0.0929. The molecule has 0 aromatic heterocycles. The van der Waals surface area contributed by atoms with E-state index in [9.17, 15) is 9.59 Å². The Kier molecular flexibility index (Phi) is 6.79. The van der Waals surface area contributed by atoms with Crippen LogP contribution in [0.25, 0.3) is 0 Å². The molecule has 27 heavy (non-hydrogen) atoms. The van der Waals surface area contributed by atoms with Crippen LogP contribution in [0.2, 0.25) is 0 Å². The number of ether oxygens (including phenoxy) is 1. The Morgan fingerprint density at radius 3 is 1.96 bits per heavy atom. The number of carbonyl (C=O) groups is 2. The lowest BCUT2D eigenvalue weighted by Crippen LogP contribution is -2.58. The van der Waals surface area contributed by atoms with E-state index in [-0.39, 0.29) is 36.0 Å². The van der Waals surface area contributed by atoms with Gasteiger partial charge in [-0.15, -0.1) is 0 Å². The Labute approximate surface area is 164 Å². The molecule has 0 saturated carbocycles. The molecule has 0 N–H and O–H groups in total. The van der Waals surface area contributed by atoms with Gasteiger partial charge in [-0.05, 0) is 45.4 Å². The van der Waals surface area contributed by atoms with Gasteiger partial charge in [0.1, 0.15) is 0 Å². The van der Waals surface area contributed by atoms with Gasteiger partial charge in [0.25, 0.3) is 0 Å². The summed E-state index contributed by atoms with van der Waals surface area (Å²) >= 11 is 0. The Hall–Kier alpha value is -1.14. The van der Waals surface area contributed by atoms with Gasteiger partial charge in [-0.25, -0.2) is 0 Å². The zero-order valence-corrected chi connectivity index (χ0v) is 17.5. The molecule has 2 amide bonds. The molecule has 3 aliphatic rings. The highest BCUT2D eigenvalue weighted by molar-refractivity contribution is 5.83. The molecule has 6 nitrogen and oxygen atoms in total. The summed E-state index contributed by atoms with van der Waals surface area (Å²) in [5.41, 5.74) is 0. The van der Waals surface area contributed by atoms with Crippen LogP contribution < -0.4 is 0 Å². The van der Waals surface area contributed by atoms with Crippen LogP contribution in [0.4, 0.5) is 0 Å². The number of hydrogen-bond acceptors (Lipinski definition) is 4. The highest BCUT2D eigenvalue weighted by Crippen LogP contribution is 2.25. The zero-order valence-electron chi connectivity index (χ0n) is 17.5. The lowest BCUT2D eigenvalue weighted by molar-refractivity contribution is -0.149. The molecule has 3 rings (SSSR count). The van der Waals surface area contributed by atoms with Gasteiger partial charge in [0, 0.05) is 45.2 Å². The summed E-state index contributed by atoms with van der Waals surface area (Å²) in [6.07, 6.45) is 4.20. The van der Waals surface area contributed by atoms with Crippen molar-refractivity contribution < 1.29 is 14.3 Å². The maximum atomic E-state index is 13.3. The van der Waals surface area contributed by atoms with Gasteiger partial charge in [-0.2, -0.15) is 0 Å². The van der Waals surface area contributed by atoms with Gasteiger partial charge in [-0.3, -0.25) is 14.5 Å². The minimum Gasteiger partial charge on any atom is -0.373 e. The Morgan fingerprint density at radius 1 is 0.889 bits per heavy atom. The summed E-state index contributed by atoms with van der Waals surface area (Å²) in [4.78, 5) is 32.3. The third-order valence-electron chi connectivity index (χ3n) is 6.30. The first-order valence-corrected chi connectivity index (χ1v) is 10.8. The lowest BCUT2D eigenvalue weighted by atomic mass is 9.93. The number of hydrogen-bond donors (Lipinski definition) is 0. The largest absolute Gasteiger partial charge is 0.373 e. The molecule has 3 fully saturated rings. The Morgan fingerprint density at radius 2 is 1.44 bits per heavy atom. The average Bonchev–Trinajstić information content (AvgIpc) is 3.15. The smallest absolute Gasteiger partial charge is 0.240 e. The quantitative estimate of drug-likeness (QED) is 0.750. The molecule has 3 saturated heterocycles. The molecule has 3 aliphatic heterocycles. The van der Waals surface area contributed by atoms with Crippen molar-refractivity contribution in [3.8, 4) is 0 Å². The van der Waals surface area contributed by atoms with E-state index in [0.717, 1.165) is 51.9 Å². The fourth-order valence-electron chi connectivity index (χ4n) is 5.04. The molecule has 0 aromatic rings. The van der Waals surface area contributed by atoms with Crippen LogP contribution in [0.3, 0.4) is 0 Å². The second-order valence-corrected chi connectivity index (χ2v) is 9.03. The molecular weight excluding hydrogens is 342 g/mol. The fraction of sp³-hybridized carbons (Fsp3) is 0.905. The second kappa shape index (κ2) is 8.91. The summed E-state index contributed by atoms with van der Waals surface area (Å²) in [6.45, 7) is 13.3. The van der Waals surface area contributed by atoms with E-state index in [1.165, 1.54) is 0 Å². The summed E-state index contributed by atoms with van der Waals surface area (Å²) in [7, 11) is 0. The molecule has 154 valence electrons. The lowest BCUT2D eigenvalue weighted by Gasteiger charge is -2.43. The molecule has 3 atom stereocenters. The van der Waals surface area contributed by atoms with E-state index in [1.54, 1.807) is 0 Å². The van der Waals surface area contributed by atoms with Crippen LogP contribution in [-0.4, -0.2) is 84.0 Å². The number of morpholine rings is 1. The highest BCUT2D eigenvalue weighted by Gasteiger charge is 2.38. The standard InChI is InChI=1S/C21H37N3O3/c1-15(2)19(24-13-16(3)27-17(4)14-24)21(26)23-11-7-18(8-12-23)20(25)22-9-5-6-10-22/h15-19H,5-14H2,1-4H3. The van der Waals surface area contributed by atoms with E-state index < -0.39 is 0 Å². The van der Waals surface area contributed by atoms with Gasteiger partial charge in [0.05, 0.1) is 18.2 Å². The number of carbonyl (C=O) groups excluding carboxylic acids is 2. The molecule has 6 heteroatoms. The maximum Gasteiger partial charge on any atom is 0.240 e. The van der Waals surface area contributed by atoms with Gasteiger partial charge < -0.3 is 14.5 Å². The topological polar surface area (TPSA) is 53.1 Å². The van der Waals surface area contributed by atoms with Crippen molar-refractivity contribution >= 4 is 11.8 Å². The third-order valence-corrected chi connectivity index (χ3v) is 6.30. The van der Waals surface area contributed by atoms with Crippen molar-refractivity contribution in [2.75, 3.05) is 39.3 Å². The number of likely N-dealkylation sites (tertiary alicyclic amines) is 2. The van der Waals surface area contributed by atoms with Crippen LogP contribution in [0.15, 0.2) is 0 Å². The van der Waals surface area contributed by atoms with Gasteiger partial charge in [0.15, 0.2) is 0 Å². The van der Waals surface area contributed by atoms with Crippen LogP contribution in [0.5, 0.6) is 0 Å². The molecule has 0 spiro atoms. The highest BCUT2D eigenvalue weighted by atomic mass is 16.5. The first-order chi connectivity index (χ1) is 12.9. The van der Waals surface area contributed by atoms with E-state index in [4.69, 9.17) is 4.74 Å². The van der Waals surface area contributed by atoms with Crippen molar-refractivity contribution in [2.24, 2.45) is 11.8 Å². The van der Waals surface area contributed by atoms with Crippen molar-refractivity contribution in [3.05, 3.63) is 0 Å². The van der Waals surface area contributed by atoms with Crippen molar-refractivity contribution in [3.63, 3.8) is 0 Å². The molecule has 0 bridgehead atoms. The number of rotatable bonds is 4. The van der Waals surface area contributed by atoms with Gasteiger partial charge in [-0.1, -0.05) is 13.8 Å². The maximum absolute atomic E-state index is 13.3. The van der Waals surface area contributed by atoms with E-state index >= 15 is 0 Å². The summed E-state index contributed by atoms with van der Waals surface area (Å²) < 4.78 is 5.85. The summed E-state index contributed by atoms with van der Waals surface area (Å²) in [5.74, 6) is 0.918. The van der Waals surface area contributed by atoms with Crippen LogP contribution in [0, 0.1) is 11.8 Å². The first-order valence-electron chi connectivity index (χ1n) is 10.8. The van der Waals surface area contributed by atoms with Crippen LogP contribution >= 0.6 is 0 Å². The predicted octanol–water partition coefficient (Wildman–Crippen LogP) is 1.98. The zero-order chi connectivity index (χ0) is 19.6. The third kappa shape index (κ3) is 4.83. The molecule has 3 unspecified atom stereocenters. The molecule has 0 aromatic carbocycles. The summed E-state index contributed by atoms with van der Waals surface area (Å²) in [5, 5.41) is 0. The van der Waals surface area contributed by atoms with Crippen LogP contribution in [0.1, 0.15) is 53.4 Å². The Balaban J connectivity index is 1.58. The van der Waals surface area contributed by atoms with Crippen molar-refractivity contribution in [1.29, 1.82) is 0 Å². The molecule has 3 heterocycles. The van der Waals surface area contributed by atoms with E-state index in [1.807, 2.05) is 9.80 Å². The number of nitrogens with zero attached hydrogens (tertiary/aromatic N) is 3. The predicted molar refractivity (Wildman–Crippen MR) is 105 cm³/mol. The van der Waals surface area contributed by atoms with Crippen LogP contribution in [-0.2, 0) is 14.3 Å². The molecule has 0 aliphatic carbocycles. The minimum absolute atomic E-state index is 0.0929. The normalized spacial score (nSPS) is 29.4. The second-order valence-electron chi connectivity index (χ2n) is 9.03. The molecular formula is C21H37N3O3. The van der Waals surface area contributed by atoms with E-state index in [0.29, 0.717) is 19.0 Å². The average molecular weight is 380 g/mol. The number of piperidine rings is 1.